The fraction of sp³-hybridized carbons (Fsp3) is 0.0667. The van der Waals surface area contributed by atoms with E-state index in [1.54, 1.807) is 23.1 Å². The highest BCUT2D eigenvalue weighted by molar-refractivity contribution is 9.10. The zero-order valence-electron chi connectivity index (χ0n) is 10.9. The van der Waals surface area contributed by atoms with Crippen LogP contribution in [0.5, 0.6) is 0 Å². The Labute approximate surface area is 134 Å². The first kappa shape index (κ1) is 14.3. The fourth-order valence-electron chi connectivity index (χ4n) is 1.82. The minimum atomic E-state index is -0.215. The van der Waals surface area contributed by atoms with Gasteiger partial charge in [-0.3, -0.25) is 0 Å². The highest BCUT2D eigenvalue weighted by Gasteiger charge is 2.07. The Kier molecular flexibility index (Phi) is 4.36. The summed E-state index contributed by atoms with van der Waals surface area (Å²) in [5, 5.41) is 5.01. The van der Waals surface area contributed by atoms with E-state index in [9.17, 15) is 4.39 Å². The van der Waals surface area contributed by atoms with Gasteiger partial charge in [0.1, 0.15) is 12.1 Å². The number of nitrogens with zero attached hydrogens (tertiary/aromatic N) is 3. The first-order valence-electron chi connectivity index (χ1n) is 6.26. The maximum atomic E-state index is 13.7. The molecule has 0 fully saturated rings. The second-order valence-electron chi connectivity index (χ2n) is 4.33. The summed E-state index contributed by atoms with van der Waals surface area (Å²) in [6.45, 7) is 0. The minimum absolute atomic E-state index is 0.215. The van der Waals surface area contributed by atoms with E-state index in [4.69, 9.17) is 0 Å². The van der Waals surface area contributed by atoms with E-state index in [1.807, 2.05) is 30.3 Å². The average Bonchev–Trinajstić information content (AvgIpc) is 2.98. The van der Waals surface area contributed by atoms with Gasteiger partial charge in [-0.25, -0.2) is 14.1 Å². The summed E-state index contributed by atoms with van der Waals surface area (Å²) in [5.74, 6) is 0.276. The molecule has 6 heteroatoms. The molecule has 0 amide bonds. The molecule has 106 valence electrons. The third-order valence-corrected chi connectivity index (χ3v) is 4.25. The molecule has 0 unspecified atom stereocenters. The predicted octanol–water partition coefficient (Wildman–Crippen LogP) is 4.46. The normalized spacial score (nSPS) is 10.8. The molecule has 0 radical (unpaired) electrons. The van der Waals surface area contributed by atoms with Crippen LogP contribution in [0.25, 0.3) is 5.69 Å². The van der Waals surface area contributed by atoms with Crippen LogP contribution in [0.15, 0.2) is 64.5 Å². The van der Waals surface area contributed by atoms with Crippen LogP contribution in [0, 0.1) is 5.82 Å². The molecule has 0 N–H and O–H groups in total. The van der Waals surface area contributed by atoms with E-state index in [-0.39, 0.29) is 5.82 Å². The number of thioether (sulfide) groups is 1. The lowest BCUT2D eigenvalue weighted by Gasteiger charge is -2.02. The van der Waals surface area contributed by atoms with E-state index >= 15 is 0 Å². The smallest absolute Gasteiger partial charge is 0.209 e. The number of para-hydroxylation sites is 1. The SMILES string of the molecule is Fc1ccc(Br)cc1CSc1ncn(-c2ccccc2)n1. The van der Waals surface area contributed by atoms with Gasteiger partial charge in [0.05, 0.1) is 5.69 Å². The summed E-state index contributed by atoms with van der Waals surface area (Å²) in [7, 11) is 0. The second kappa shape index (κ2) is 6.41. The van der Waals surface area contributed by atoms with Crippen LogP contribution in [0.4, 0.5) is 4.39 Å². The van der Waals surface area contributed by atoms with Gasteiger partial charge in [-0.05, 0) is 35.9 Å². The molecule has 0 aliphatic carbocycles. The number of hydrogen-bond donors (Lipinski definition) is 0. The summed E-state index contributed by atoms with van der Waals surface area (Å²) < 4.78 is 16.2. The molecule has 1 aromatic heterocycles. The van der Waals surface area contributed by atoms with Crippen molar-refractivity contribution in [1.29, 1.82) is 0 Å². The minimum Gasteiger partial charge on any atom is -0.220 e. The monoisotopic (exact) mass is 363 g/mol. The Morgan fingerprint density at radius 2 is 1.95 bits per heavy atom. The summed E-state index contributed by atoms with van der Waals surface area (Å²) in [4.78, 5) is 4.24. The standard InChI is InChI=1S/C15H11BrFN3S/c16-12-6-7-14(17)11(8-12)9-21-15-18-10-20(19-15)13-4-2-1-3-5-13/h1-8,10H,9H2. The van der Waals surface area contributed by atoms with Crippen molar-refractivity contribution in [3.05, 3.63) is 70.7 Å². The topological polar surface area (TPSA) is 30.7 Å². The Morgan fingerprint density at radius 3 is 2.76 bits per heavy atom. The third kappa shape index (κ3) is 3.51. The van der Waals surface area contributed by atoms with Gasteiger partial charge in [0, 0.05) is 10.2 Å². The average molecular weight is 364 g/mol. The van der Waals surface area contributed by atoms with Crippen LogP contribution in [0.2, 0.25) is 0 Å². The van der Waals surface area contributed by atoms with E-state index in [0.717, 1.165) is 10.2 Å². The van der Waals surface area contributed by atoms with Gasteiger partial charge in [0.2, 0.25) is 5.16 Å². The van der Waals surface area contributed by atoms with Gasteiger partial charge in [-0.15, -0.1) is 5.10 Å². The quantitative estimate of drug-likeness (QED) is 0.641. The van der Waals surface area contributed by atoms with Gasteiger partial charge in [-0.2, -0.15) is 0 Å². The maximum Gasteiger partial charge on any atom is 0.209 e. The lowest BCUT2D eigenvalue weighted by Crippen LogP contribution is -1.94. The van der Waals surface area contributed by atoms with E-state index in [2.05, 4.69) is 26.0 Å². The molecule has 0 aliphatic rings. The molecule has 3 nitrogen and oxygen atoms in total. The number of rotatable bonds is 4. The van der Waals surface area contributed by atoms with Crippen molar-refractivity contribution in [1.82, 2.24) is 14.8 Å². The van der Waals surface area contributed by atoms with Crippen molar-refractivity contribution >= 4 is 27.7 Å². The zero-order chi connectivity index (χ0) is 14.7. The summed E-state index contributed by atoms with van der Waals surface area (Å²) in [6.07, 6.45) is 1.66. The molecule has 0 aliphatic heterocycles. The molecule has 3 rings (SSSR count). The Morgan fingerprint density at radius 1 is 1.14 bits per heavy atom. The largest absolute Gasteiger partial charge is 0.220 e. The molecule has 0 atom stereocenters. The summed E-state index contributed by atoms with van der Waals surface area (Å²) in [6, 6.07) is 14.7. The molecule has 0 saturated heterocycles. The molecular formula is C15H11BrFN3S. The van der Waals surface area contributed by atoms with Gasteiger partial charge in [-0.1, -0.05) is 45.9 Å². The highest BCUT2D eigenvalue weighted by Crippen LogP contribution is 2.24. The fourth-order valence-corrected chi connectivity index (χ4v) is 3.00. The number of halogens is 2. The maximum absolute atomic E-state index is 13.7. The lowest BCUT2D eigenvalue weighted by atomic mass is 10.2. The number of benzene rings is 2. The van der Waals surface area contributed by atoms with Crippen LogP contribution in [-0.2, 0) is 5.75 Å². The zero-order valence-corrected chi connectivity index (χ0v) is 13.3. The predicted molar refractivity (Wildman–Crippen MR) is 85.0 cm³/mol. The molecule has 0 spiro atoms. The molecule has 0 saturated carbocycles. The van der Waals surface area contributed by atoms with Crippen molar-refractivity contribution < 1.29 is 4.39 Å². The number of aromatic nitrogens is 3. The first-order chi connectivity index (χ1) is 10.2. The first-order valence-corrected chi connectivity index (χ1v) is 8.04. The van der Waals surface area contributed by atoms with Crippen LogP contribution in [0.1, 0.15) is 5.56 Å². The van der Waals surface area contributed by atoms with E-state index in [0.29, 0.717) is 16.5 Å². The van der Waals surface area contributed by atoms with E-state index < -0.39 is 0 Å². The van der Waals surface area contributed by atoms with Gasteiger partial charge in [0.15, 0.2) is 0 Å². The van der Waals surface area contributed by atoms with Crippen molar-refractivity contribution in [3.63, 3.8) is 0 Å². The van der Waals surface area contributed by atoms with Gasteiger partial charge >= 0.3 is 0 Å². The van der Waals surface area contributed by atoms with Crippen molar-refractivity contribution in [2.75, 3.05) is 0 Å². The Bertz CT molecular complexity index is 746. The van der Waals surface area contributed by atoms with Gasteiger partial charge in [0.25, 0.3) is 0 Å². The lowest BCUT2D eigenvalue weighted by molar-refractivity contribution is 0.617. The summed E-state index contributed by atoms with van der Waals surface area (Å²) >= 11 is 4.75. The second-order valence-corrected chi connectivity index (χ2v) is 6.19. The molecule has 2 aromatic carbocycles. The highest BCUT2D eigenvalue weighted by atomic mass is 79.9. The van der Waals surface area contributed by atoms with Crippen LogP contribution in [-0.4, -0.2) is 14.8 Å². The van der Waals surface area contributed by atoms with Gasteiger partial charge < -0.3 is 0 Å². The van der Waals surface area contributed by atoms with Crippen molar-refractivity contribution in [2.45, 2.75) is 10.9 Å². The van der Waals surface area contributed by atoms with Crippen molar-refractivity contribution in [3.8, 4) is 5.69 Å². The molecule has 3 aromatic rings. The molecular weight excluding hydrogens is 353 g/mol. The van der Waals surface area contributed by atoms with Crippen molar-refractivity contribution in [2.24, 2.45) is 0 Å². The van der Waals surface area contributed by atoms with Crippen LogP contribution >= 0.6 is 27.7 Å². The number of hydrogen-bond acceptors (Lipinski definition) is 3. The molecule has 1 heterocycles. The Hall–Kier alpha value is -1.66. The van der Waals surface area contributed by atoms with Crippen LogP contribution < -0.4 is 0 Å². The summed E-state index contributed by atoms with van der Waals surface area (Å²) in [5.41, 5.74) is 1.58. The Balaban J connectivity index is 1.72. The molecule has 21 heavy (non-hydrogen) atoms. The molecule has 0 bridgehead atoms. The third-order valence-electron chi connectivity index (χ3n) is 2.86. The van der Waals surface area contributed by atoms with E-state index in [1.165, 1.54) is 17.8 Å². The van der Waals surface area contributed by atoms with Crippen LogP contribution in [0.3, 0.4) is 0 Å².